The van der Waals surface area contributed by atoms with Crippen LogP contribution < -0.4 is 0 Å². The summed E-state index contributed by atoms with van der Waals surface area (Å²) in [7, 11) is -0.103. The molecule has 0 radical (unpaired) electrons. The van der Waals surface area contributed by atoms with E-state index in [2.05, 4.69) is 6.58 Å². The molecule has 0 saturated heterocycles. The Labute approximate surface area is 93.9 Å². The Morgan fingerprint density at radius 1 is 1.07 bits per heavy atom. The van der Waals surface area contributed by atoms with E-state index in [0.717, 1.165) is 5.54 Å². The van der Waals surface area contributed by atoms with Crippen molar-refractivity contribution in [3.05, 3.63) is 12.8 Å². The molecule has 2 aliphatic rings. The van der Waals surface area contributed by atoms with E-state index in [-0.39, 0.29) is 0 Å². The highest BCUT2D eigenvalue weighted by molar-refractivity contribution is 6.71. The highest BCUT2D eigenvalue weighted by Crippen LogP contribution is 2.54. The zero-order valence-electron chi connectivity index (χ0n) is 9.71. The summed E-state index contributed by atoms with van der Waals surface area (Å²) in [6, 6.07) is 0. The molecule has 15 heavy (non-hydrogen) atoms. The molecule has 0 aromatic carbocycles. The van der Waals surface area contributed by atoms with Gasteiger partial charge in [0.2, 0.25) is 0 Å². The zero-order chi connectivity index (χ0) is 10.7. The average Bonchev–Trinajstić information content (AvgIpc) is 3.11. The van der Waals surface area contributed by atoms with E-state index in [4.69, 9.17) is 8.85 Å². The first-order chi connectivity index (χ1) is 7.33. The van der Waals surface area contributed by atoms with Gasteiger partial charge in [0.15, 0.2) is 0 Å². The molecular formula is C12H22O2Si. The maximum Gasteiger partial charge on any atom is 0.404 e. The molecule has 3 heteroatoms. The van der Waals surface area contributed by atoms with Crippen LogP contribution in [0, 0.1) is 0 Å². The van der Waals surface area contributed by atoms with Gasteiger partial charge in [0, 0.05) is 18.2 Å². The predicted molar refractivity (Wildman–Crippen MR) is 63.9 cm³/mol. The van der Waals surface area contributed by atoms with Crippen molar-refractivity contribution in [3.63, 3.8) is 0 Å². The molecule has 0 heterocycles. The zero-order valence-corrected chi connectivity index (χ0v) is 10.7. The van der Waals surface area contributed by atoms with Crippen LogP contribution in [0.4, 0.5) is 0 Å². The van der Waals surface area contributed by atoms with E-state index in [1.807, 2.05) is 7.11 Å². The molecule has 2 nitrogen and oxygen atoms in total. The lowest BCUT2D eigenvalue weighted by Gasteiger charge is -2.37. The first-order valence-electron chi connectivity index (χ1n) is 6.17. The maximum atomic E-state index is 5.92. The fraction of sp³-hybridized carbons (Fsp3) is 0.833. The van der Waals surface area contributed by atoms with Gasteiger partial charge >= 0.3 is 8.56 Å². The SMILES string of the molecule is C=CO[Si](OC)(C1CCCCC1)C1CC1. The molecule has 0 bridgehead atoms. The average molecular weight is 226 g/mol. The molecule has 0 aromatic heterocycles. The van der Waals surface area contributed by atoms with E-state index < -0.39 is 8.56 Å². The third-order valence-corrected chi connectivity index (χ3v) is 8.51. The lowest BCUT2D eigenvalue weighted by Crippen LogP contribution is -2.46. The second kappa shape index (κ2) is 4.70. The molecule has 2 aliphatic carbocycles. The van der Waals surface area contributed by atoms with Crippen molar-refractivity contribution in [2.45, 2.75) is 56.0 Å². The lowest BCUT2D eigenvalue weighted by atomic mass is 10.0. The van der Waals surface area contributed by atoms with Gasteiger partial charge in [0.05, 0.1) is 6.26 Å². The highest BCUT2D eigenvalue weighted by atomic mass is 28.4. The Kier molecular flexibility index (Phi) is 3.51. The quantitative estimate of drug-likeness (QED) is 0.525. The molecule has 0 amide bonds. The molecule has 0 N–H and O–H groups in total. The predicted octanol–water partition coefficient (Wildman–Crippen LogP) is 3.73. The van der Waals surface area contributed by atoms with Gasteiger partial charge in [0.25, 0.3) is 0 Å². The Balaban J connectivity index is 2.10. The third kappa shape index (κ3) is 2.13. The summed E-state index contributed by atoms with van der Waals surface area (Å²) in [6.45, 7) is 3.73. The third-order valence-electron chi connectivity index (χ3n) is 3.91. The lowest BCUT2D eigenvalue weighted by molar-refractivity contribution is 0.238. The van der Waals surface area contributed by atoms with Crippen molar-refractivity contribution in [1.29, 1.82) is 0 Å². The van der Waals surface area contributed by atoms with E-state index in [9.17, 15) is 0 Å². The van der Waals surface area contributed by atoms with Crippen LogP contribution in [0.3, 0.4) is 0 Å². The summed E-state index contributed by atoms with van der Waals surface area (Å²) in [6.07, 6.45) is 11.0. The fourth-order valence-electron chi connectivity index (χ4n) is 3.03. The molecule has 1 atom stereocenters. The summed E-state index contributed by atoms with van der Waals surface area (Å²) in [4.78, 5) is 0. The number of rotatable bonds is 5. The first kappa shape index (κ1) is 11.2. The van der Waals surface area contributed by atoms with Gasteiger partial charge in [-0.1, -0.05) is 25.8 Å². The van der Waals surface area contributed by atoms with Crippen LogP contribution in [0.15, 0.2) is 12.8 Å². The summed E-state index contributed by atoms with van der Waals surface area (Å²) >= 11 is 0. The van der Waals surface area contributed by atoms with Gasteiger partial charge in [-0.05, 0) is 25.7 Å². The van der Waals surface area contributed by atoms with Gasteiger partial charge in [-0.3, -0.25) is 0 Å². The monoisotopic (exact) mass is 226 g/mol. The van der Waals surface area contributed by atoms with Crippen LogP contribution in [0.1, 0.15) is 44.9 Å². The Hall–Kier alpha value is -0.283. The number of hydrogen-bond donors (Lipinski definition) is 0. The van der Waals surface area contributed by atoms with Crippen LogP contribution in [0.25, 0.3) is 0 Å². The van der Waals surface area contributed by atoms with Crippen LogP contribution in [-0.2, 0) is 8.85 Å². The van der Waals surface area contributed by atoms with Crippen molar-refractivity contribution in [2.24, 2.45) is 0 Å². The van der Waals surface area contributed by atoms with E-state index in [1.54, 1.807) is 6.26 Å². The summed E-state index contributed by atoms with van der Waals surface area (Å²) < 4.78 is 11.8. The van der Waals surface area contributed by atoms with Gasteiger partial charge in [-0.2, -0.15) is 0 Å². The Bertz CT molecular complexity index is 222. The van der Waals surface area contributed by atoms with Crippen molar-refractivity contribution in [2.75, 3.05) is 7.11 Å². The minimum absolute atomic E-state index is 0.710. The van der Waals surface area contributed by atoms with Gasteiger partial charge in [-0.15, -0.1) is 0 Å². The minimum Gasteiger partial charge on any atom is -0.527 e. The van der Waals surface area contributed by atoms with E-state index >= 15 is 0 Å². The van der Waals surface area contributed by atoms with Crippen molar-refractivity contribution in [3.8, 4) is 0 Å². The molecular weight excluding hydrogens is 204 g/mol. The number of hydrogen-bond acceptors (Lipinski definition) is 2. The van der Waals surface area contributed by atoms with Crippen LogP contribution in [-0.4, -0.2) is 15.7 Å². The molecule has 2 rings (SSSR count). The van der Waals surface area contributed by atoms with E-state index in [1.165, 1.54) is 44.9 Å². The topological polar surface area (TPSA) is 18.5 Å². The molecule has 2 fully saturated rings. The Morgan fingerprint density at radius 2 is 1.67 bits per heavy atom. The van der Waals surface area contributed by atoms with Gasteiger partial charge < -0.3 is 8.85 Å². The maximum absolute atomic E-state index is 5.92. The fourth-order valence-corrected chi connectivity index (χ4v) is 7.29. The van der Waals surface area contributed by atoms with Gasteiger partial charge in [-0.25, -0.2) is 0 Å². The standard InChI is InChI=1S/C12H22O2Si/c1-3-14-15(13-2,12-9-10-12)11-7-5-4-6-8-11/h3,11-12H,1,4-10H2,2H3. The molecule has 0 spiro atoms. The largest absolute Gasteiger partial charge is 0.527 e. The second-order valence-corrected chi connectivity index (χ2v) is 8.54. The van der Waals surface area contributed by atoms with Crippen LogP contribution in [0.5, 0.6) is 0 Å². The summed E-state index contributed by atoms with van der Waals surface area (Å²) in [5, 5.41) is 0. The van der Waals surface area contributed by atoms with Gasteiger partial charge in [0.1, 0.15) is 0 Å². The van der Waals surface area contributed by atoms with Crippen LogP contribution in [0.2, 0.25) is 11.1 Å². The molecule has 0 aromatic rings. The highest BCUT2D eigenvalue weighted by Gasteiger charge is 2.57. The van der Waals surface area contributed by atoms with Crippen molar-refractivity contribution < 1.29 is 8.85 Å². The normalized spacial score (nSPS) is 27.0. The summed E-state index contributed by atoms with van der Waals surface area (Å²) in [5.41, 5.74) is 1.45. The summed E-state index contributed by atoms with van der Waals surface area (Å²) in [5.74, 6) is 0. The van der Waals surface area contributed by atoms with Crippen molar-refractivity contribution in [1.82, 2.24) is 0 Å². The molecule has 86 valence electrons. The van der Waals surface area contributed by atoms with Crippen LogP contribution >= 0.6 is 0 Å². The Morgan fingerprint density at radius 3 is 2.13 bits per heavy atom. The minimum atomic E-state index is -1.95. The van der Waals surface area contributed by atoms with Crippen molar-refractivity contribution >= 4 is 8.56 Å². The van der Waals surface area contributed by atoms with E-state index in [0.29, 0.717) is 5.54 Å². The second-order valence-electron chi connectivity index (χ2n) is 4.82. The first-order valence-corrected chi connectivity index (χ1v) is 8.14. The molecule has 1 unspecified atom stereocenters. The smallest absolute Gasteiger partial charge is 0.404 e. The molecule has 2 saturated carbocycles. The molecule has 0 aliphatic heterocycles.